The normalized spacial score (nSPS) is 11.6. The van der Waals surface area contributed by atoms with Crippen LogP contribution in [0.25, 0.3) is 38.3 Å². The van der Waals surface area contributed by atoms with E-state index in [1.165, 1.54) is 21.7 Å². The molecule has 120 valence electrons. The van der Waals surface area contributed by atoms with Crippen molar-refractivity contribution in [3.63, 3.8) is 0 Å². The first-order chi connectivity index (χ1) is 12.2. The van der Waals surface area contributed by atoms with Gasteiger partial charge in [0, 0.05) is 16.5 Å². The van der Waals surface area contributed by atoms with E-state index in [0.29, 0.717) is 5.75 Å². The second kappa shape index (κ2) is 5.12. The maximum absolute atomic E-state index is 10.1. The van der Waals surface area contributed by atoms with E-state index in [-0.39, 0.29) is 0 Å². The molecule has 2 heteroatoms. The molecule has 1 aromatic heterocycles. The highest BCUT2D eigenvalue weighted by Crippen LogP contribution is 2.38. The molecule has 0 fully saturated rings. The van der Waals surface area contributed by atoms with Crippen molar-refractivity contribution in [1.29, 1.82) is 0 Å². The Labute approximate surface area is 145 Å². The van der Waals surface area contributed by atoms with Crippen LogP contribution in [0.1, 0.15) is 5.56 Å². The topological polar surface area (TPSA) is 25.2 Å². The Hall–Kier alpha value is -3.26. The van der Waals surface area contributed by atoms with Gasteiger partial charge in [-0.25, -0.2) is 0 Å². The molecule has 0 saturated carbocycles. The fourth-order valence-electron chi connectivity index (χ4n) is 3.75. The van der Waals surface area contributed by atoms with Crippen LogP contribution in [0.2, 0.25) is 0 Å². The Morgan fingerprint density at radius 1 is 0.720 bits per heavy atom. The molecule has 0 atom stereocenters. The van der Waals surface area contributed by atoms with Crippen LogP contribution >= 0.6 is 0 Å². The van der Waals surface area contributed by atoms with Gasteiger partial charge in [-0.2, -0.15) is 0 Å². The fraction of sp³-hybridized carbons (Fsp3) is 0.0435. The van der Waals surface area contributed by atoms with Crippen molar-refractivity contribution in [3.05, 3.63) is 84.4 Å². The van der Waals surface area contributed by atoms with Crippen LogP contribution in [0.5, 0.6) is 5.75 Å². The van der Waals surface area contributed by atoms with Gasteiger partial charge in [0.25, 0.3) is 0 Å². The molecule has 4 aromatic carbocycles. The van der Waals surface area contributed by atoms with Crippen molar-refractivity contribution in [3.8, 4) is 11.4 Å². The quantitative estimate of drug-likeness (QED) is 0.405. The Balaban J connectivity index is 2.03. The molecule has 5 rings (SSSR count). The third-order valence-corrected chi connectivity index (χ3v) is 4.93. The number of hydrogen-bond acceptors (Lipinski definition) is 1. The van der Waals surface area contributed by atoms with Gasteiger partial charge in [-0.1, -0.05) is 48.0 Å². The van der Waals surface area contributed by atoms with Crippen LogP contribution in [0.15, 0.2) is 78.9 Å². The van der Waals surface area contributed by atoms with Gasteiger partial charge >= 0.3 is 0 Å². The molecule has 0 radical (unpaired) electrons. The molecule has 2 nitrogen and oxygen atoms in total. The van der Waals surface area contributed by atoms with E-state index in [4.69, 9.17) is 0 Å². The largest absolute Gasteiger partial charge is 0.508 e. The second-order valence-corrected chi connectivity index (χ2v) is 6.55. The molecule has 25 heavy (non-hydrogen) atoms. The summed E-state index contributed by atoms with van der Waals surface area (Å²) in [5.74, 6) is 0.295. The minimum absolute atomic E-state index is 0.295. The van der Waals surface area contributed by atoms with Crippen LogP contribution in [-0.4, -0.2) is 9.67 Å². The molecule has 0 saturated heterocycles. The van der Waals surface area contributed by atoms with Crippen molar-refractivity contribution >= 4 is 32.6 Å². The minimum atomic E-state index is 0.295. The maximum atomic E-state index is 10.1. The van der Waals surface area contributed by atoms with Gasteiger partial charge in [0.05, 0.1) is 11.0 Å². The van der Waals surface area contributed by atoms with Crippen molar-refractivity contribution in [2.75, 3.05) is 0 Å². The third-order valence-electron chi connectivity index (χ3n) is 4.93. The Morgan fingerprint density at radius 3 is 2.32 bits per heavy atom. The molecular weight excluding hydrogens is 306 g/mol. The highest BCUT2D eigenvalue weighted by atomic mass is 16.3. The number of hydrogen-bond donors (Lipinski definition) is 1. The minimum Gasteiger partial charge on any atom is -0.508 e. The summed E-state index contributed by atoms with van der Waals surface area (Å²) in [5.41, 5.74) is 4.63. The van der Waals surface area contributed by atoms with Crippen molar-refractivity contribution in [1.82, 2.24) is 4.57 Å². The first kappa shape index (κ1) is 14.1. The van der Waals surface area contributed by atoms with E-state index in [0.717, 1.165) is 22.1 Å². The predicted molar refractivity (Wildman–Crippen MR) is 105 cm³/mol. The first-order valence-electron chi connectivity index (χ1n) is 8.44. The predicted octanol–water partition coefficient (Wildman–Crippen LogP) is 5.95. The first-order valence-corrected chi connectivity index (χ1v) is 8.44. The van der Waals surface area contributed by atoms with Gasteiger partial charge in [-0.3, -0.25) is 0 Å². The lowest BCUT2D eigenvalue weighted by atomic mass is 10.0. The summed E-state index contributed by atoms with van der Waals surface area (Å²) in [6.07, 6.45) is 0. The van der Waals surface area contributed by atoms with Crippen LogP contribution in [0, 0.1) is 6.92 Å². The zero-order valence-corrected chi connectivity index (χ0v) is 13.9. The summed E-state index contributed by atoms with van der Waals surface area (Å²) in [5, 5.41) is 14.7. The number of aryl methyl sites for hydroxylation is 1. The summed E-state index contributed by atoms with van der Waals surface area (Å²) in [7, 11) is 0. The fourth-order valence-corrected chi connectivity index (χ4v) is 3.75. The van der Waals surface area contributed by atoms with E-state index < -0.39 is 0 Å². The number of aromatic hydroxyl groups is 1. The molecule has 0 aliphatic carbocycles. The van der Waals surface area contributed by atoms with E-state index in [2.05, 4.69) is 72.2 Å². The molecule has 5 aromatic rings. The van der Waals surface area contributed by atoms with Crippen molar-refractivity contribution in [2.24, 2.45) is 0 Å². The average Bonchev–Trinajstić information content (AvgIpc) is 2.96. The molecule has 0 spiro atoms. The van der Waals surface area contributed by atoms with Gasteiger partial charge < -0.3 is 9.67 Å². The molecule has 0 aliphatic heterocycles. The molecule has 0 aliphatic rings. The average molecular weight is 323 g/mol. The monoisotopic (exact) mass is 323 g/mol. The van der Waals surface area contributed by atoms with E-state index >= 15 is 0 Å². The number of phenols is 1. The summed E-state index contributed by atoms with van der Waals surface area (Å²) in [6, 6.07) is 26.9. The maximum Gasteiger partial charge on any atom is 0.116 e. The number of phenolic OH excluding ortho intramolecular Hbond substituents is 1. The Bertz CT molecular complexity index is 1250. The van der Waals surface area contributed by atoms with E-state index in [1.807, 2.05) is 12.1 Å². The van der Waals surface area contributed by atoms with Gasteiger partial charge in [-0.05, 0) is 54.1 Å². The lowest BCUT2D eigenvalue weighted by Crippen LogP contribution is -1.93. The van der Waals surface area contributed by atoms with E-state index in [9.17, 15) is 5.11 Å². The van der Waals surface area contributed by atoms with Crippen LogP contribution < -0.4 is 0 Å². The molecule has 0 bridgehead atoms. The van der Waals surface area contributed by atoms with Gasteiger partial charge in [-0.15, -0.1) is 0 Å². The second-order valence-electron chi connectivity index (χ2n) is 6.55. The van der Waals surface area contributed by atoms with Crippen LogP contribution in [0.3, 0.4) is 0 Å². The number of benzene rings is 4. The van der Waals surface area contributed by atoms with Gasteiger partial charge in [0.1, 0.15) is 5.75 Å². The van der Waals surface area contributed by atoms with Crippen LogP contribution in [0.4, 0.5) is 0 Å². The van der Waals surface area contributed by atoms with Crippen molar-refractivity contribution < 1.29 is 5.11 Å². The number of rotatable bonds is 1. The molecular formula is C23H17NO. The highest BCUT2D eigenvalue weighted by molar-refractivity contribution is 6.21. The molecule has 0 unspecified atom stereocenters. The zero-order valence-electron chi connectivity index (χ0n) is 13.9. The van der Waals surface area contributed by atoms with Gasteiger partial charge in [0.2, 0.25) is 0 Å². The smallest absolute Gasteiger partial charge is 0.116 e. The summed E-state index contributed by atoms with van der Waals surface area (Å²) in [6.45, 7) is 2.10. The molecule has 1 N–H and O–H groups in total. The SMILES string of the molecule is Cc1ccc(-n2c3ccc(O)cc3c3c4ccccc4ccc32)cc1. The molecule has 1 heterocycles. The number of nitrogens with zero attached hydrogens (tertiary/aromatic N) is 1. The summed E-state index contributed by atoms with van der Waals surface area (Å²) < 4.78 is 2.27. The standard InChI is InChI=1S/C23H17NO/c1-15-6-9-17(10-7-15)24-21-13-11-18(25)14-20(21)23-19-5-3-2-4-16(19)8-12-22(23)24/h2-14,25H,1H3. The lowest BCUT2D eigenvalue weighted by Gasteiger charge is -2.08. The Morgan fingerprint density at radius 2 is 1.48 bits per heavy atom. The summed E-state index contributed by atoms with van der Waals surface area (Å²) in [4.78, 5) is 0. The van der Waals surface area contributed by atoms with Gasteiger partial charge in [0.15, 0.2) is 0 Å². The number of fused-ring (bicyclic) bond motifs is 5. The van der Waals surface area contributed by atoms with E-state index in [1.54, 1.807) is 6.07 Å². The summed E-state index contributed by atoms with van der Waals surface area (Å²) >= 11 is 0. The highest BCUT2D eigenvalue weighted by Gasteiger charge is 2.15. The Kier molecular flexibility index (Phi) is 2.89. The third kappa shape index (κ3) is 2.04. The van der Waals surface area contributed by atoms with Crippen LogP contribution in [-0.2, 0) is 0 Å². The zero-order chi connectivity index (χ0) is 17.0. The molecule has 0 amide bonds. The lowest BCUT2D eigenvalue weighted by molar-refractivity contribution is 0.476. The number of aromatic nitrogens is 1. The van der Waals surface area contributed by atoms with Crippen molar-refractivity contribution in [2.45, 2.75) is 6.92 Å².